The predicted molar refractivity (Wildman–Crippen MR) is 82.5 cm³/mol. The van der Waals surface area contributed by atoms with Crippen molar-refractivity contribution < 1.29 is 4.74 Å². The molecular formula is C17H29NO. The van der Waals surface area contributed by atoms with Crippen LogP contribution >= 0.6 is 0 Å². The lowest BCUT2D eigenvalue weighted by molar-refractivity contribution is 0.0453. The molecule has 0 saturated heterocycles. The fourth-order valence-corrected chi connectivity index (χ4v) is 1.91. The molecule has 1 N–H and O–H groups in total. The maximum absolute atomic E-state index is 5.95. The van der Waals surface area contributed by atoms with Crippen LogP contribution in [0.2, 0.25) is 0 Å². The quantitative estimate of drug-likeness (QED) is 0.720. The summed E-state index contributed by atoms with van der Waals surface area (Å²) in [5.41, 5.74) is 1.56. The standard InChI is InChI=1S/C17H29NO/c1-5-16(14-18-17(2,3)4)19-13-9-12-15-10-7-6-8-11-15/h6-8,10-11,16,18H,5,9,12-14H2,1-4H3. The normalized spacial score (nSPS) is 13.5. The zero-order valence-corrected chi connectivity index (χ0v) is 12.9. The summed E-state index contributed by atoms with van der Waals surface area (Å²) < 4.78 is 5.95. The molecule has 1 aromatic carbocycles. The van der Waals surface area contributed by atoms with E-state index < -0.39 is 0 Å². The molecule has 1 atom stereocenters. The minimum atomic E-state index is 0.167. The summed E-state index contributed by atoms with van der Waals surface area (Å²) in [5.74, 6) is 0. The molecule has 0 amide bonds. The van der Waals surface area contributed by atoms with Gasteiger partial charge in [0.15, 0.2) is 0 Å². The summed E-state index contributed by atoms with van der Waals surface area (Å²) in [6.45, 7) is 10.5. The molecular weight excluding hydrogens is 234 g/mol. The molecule has 0 fully saturated rings. The van der Waals surface area contributed by atoms with Crippen molar-refractivity contribution in [1.29, 1.82) is 0 Å². The summed E-state index contributed by atoms with van der Waals surface area (Å²) in [7, 11) is 0. The molecule has 0 aliphatic rings. The van der Waals surface area contributed by atoms with E-state index >= 15 is 0 Å². The smallest absolute Gasteiger partial charge is 0.0697 e. The topological polar surface area (TPSA) is 21.3 Å². The second kappa shape index (κ2) is 8.34. The van der Waals surface area contributed by atoms with Crippen LogP contribution in [0.1, 0.15) is 46.1 Å². The van der Waals surface area contributed by atoms with E-state index in [2.05, 4.69) is 63.3 Å². The van der Waals surface area contributed by atoms with Gasteiger partial charge in [-0.1, -0.05) is 37.3 Å². The van der Waals surface area contributed by atoms with E-state index in [1.54, 1.807) is 0 Å². The van der Waals surface area contributed by atoms with Gasteiger partial charge < -0.3 is 10.1 Å². The highest BCUT2D eigenvalue weighted by molar-refractivity contribution is 5.14. The van der Waals surface area contributed by atoms with Crippen LogP contribution in [0.25, 0.3) is 0 Å². The minimum absolute atomic E-state index is 0.167. The number of ether oxygens (including phenoxy) is 1. The van der Waals surface area contributed by atoms with E-state index in [9.17, 15) is 0 Å². The van der Waals surface area contributed by atoms with Gasteiger partial charge in [0.25, 0.3) is 0 Å². The average Bonchev–Trinajstić information content (AvgIpc) is 2.38. The first-order valence-electron chi connectivity index (χ1n) is 7.42. The molecule has 1 unspecified atom stereocenters. The van der Waals surface area contributed by atoms with Gasteiger partial charge in [-0.25, -0.2) is 0 Å². The van der Waals surface area contributed by atoms with E-state index in [0.717, 1.165) is 32.4 Å². The van der Waals surface area contributed by atoms with Gasteiger partial charge in [0.2, 0.25) is 0 Å². The molecule has 2 nitrogen and oxygen atoms in total. The molecule has 0 aliphatic heterocycles. The third-order valence-corrected chi connectivity index (χ3v) is 3.12. The van der Waals surface area contributed by atoms with Crippen LogP contribution in [0, 0.1) is 0 Å². The van der Waals surface area contributed by atoms with Crippen LogP contribution < -0.4 is 5.32 Å². The molecule has 0 bridgehead atoms. The summed E-state index contributed by atoms with van der Waals surface area (Å²) in [5, 5.41) is 3.51. The molecule has 0 radical (unpaired) electrons. The Labute approximate surface area is 118 Å². The maximum Gasteiger partial charge on any atom is 0.0697 e. The van der Waals surface area contributed by atoms with Crippen molar-refractivity contribution in [2.24, 2.45) is 0 Å². The van der Waals surface area contributed by atoms with Crippen molar-refractivity contribution in [3.63, 3.8) is 0 Å². The van der Waals surface area contributed by atoms with E-state index in [-0.39, 0.29) is 5.54 Å². The van der Waals surface area contributed by atoms with Crippen molar-refractivity contribution >= 4 is 0 Å². The van der Waals surface area contributed by atoms with Crippen LogP contribution in [0.4, 0.5) is 0 Å². The Balaban J connectivity index is 2.16. The zero-order valence-electron chi connectivity index (χ0n) is 12.9. The second-order valence-corrected chi connectivity index (χ2v) is 6.12. The Morgan fingerprint density at radius 3 is 2.42 bits per heavy atom. The van der Waals surface area contributed by atoms with Crippen molar-refractivity contribution in [3.8, 4) is 0 Å². The van der Waals surface area contributed by atoms with E-state index in [1.165, 1.54) is 5.56 Å². The number of benzene rings is 1. The largest absolute Gasteiger partial charge is 0.377 e. The number of aryl methyl sites for hydroxylation is 1. The number of nitrogens with one attached hydrogen (secondary N) is 1. The van der Waals surface area contributed by atoms with Crippen LogP contribution in [-0.4, -0.2) is 24.8 Å². The molecule has 1 rings (SSSR count). The Morgan fingerprint density at radius 2 is 1.84 bits per heavy atom. The lowest BCUT2D eigenvalue weighted by atomic mass is 10.1. The van der Waals surface area contributed by atoms with Crippen LogP contribution in [0.5, 0.6) is 0 Å². The fraction of sp³-hybridized carbons (Fsp3) is 0.647. The van der Waals surface area contributed by atoms with Crippen molar-refractivity contribution in [1.82, 2.24) is 5.32 Å². The molecule has 108 valence electrons. The lowest BCUT2D eigenvalue weighted by Gasteiger charge is -2.25. The molecule has 0 aromatic heterocycles. The lowest BCUT2D eigenvalue weighted by Crippen LogP contribution is -2.41. The maximum atomic E-state index is 5.95. The summed E-state index contributed by atoms with van der Waals surface area (Å²) in [4.78, 5) is 0. The highest BCUT2D eigenvalue weighted by Gasteiger charge is 2.12. The molecule has 1 aromatic rings. The van der Waals surface area contributed by atoms with Crippen LogP contribution in [-0.2, 0) is 11.2 Å². The number of hydrogen-bond donors (Lipinski definition) is 1. The van der Waals surface area contributed by atoms with E-state index in [0.29, 0.717) is 6.10 Å². The van der Waals surface area contributed by atoms with Crippen LogP contribution in [0.15, 0.2) is 30.3 Å². The van der Waals surface area contributed by atoms with Crippen molar-refractivity contribution in [3.05, 3.63) is 35.9 Å². The second-order valence-electron chi connectivity index (χ2n) is 6.12. The zero-order chi connectivity index (χ0) is 14.1. The third-order valence-electron chi connectivity index (χ3n) is 3.12. The first-order chi connectivity index (χ1) is 9.01. The molecule has 0 heterocycles. The average molecular weight is 263 g/mol. The number of rotatable bonds is 8. The van der Waals surface area contributed by atoms with Crippen molar-refractivity contribution in [2.45, 2.75) is 58.6 Å². The summed E-state index contributed by atoms with van der Waals surface area (Å²) in [6, 6.07) is 10.6. The molecule has 0 spiro atoms. The Bertz CT molecular complexity index is 329. The molecule has 0 saturated carbocycles. The minimum Gasteiger partial charge on any atom is -0.377 e. The SMILES string of the molecule is CCC(CNC(C)(C)C)OCCCc1ccccc1. The summed E-state index contributed by atoms with van der Waals surface area (Å²) in [6.07, 6.45) is 3.59. The molecule has 0 aliphatic carbocycles. The van der Waals surface area contributed by atoms with Gasteiger partial charge in [-0.05, 0) is 45.6 Å². The van der Waals surface area contributed by atoms with Gasteiger partial charge in [0.05, 0.1) is 6.10 Å². The van der Waals surface area contributed by atoms with Gasteiger partial charge in [0.1, 0.15) is 0 Å². The van der Waals surface area contributed by atoms with E-state index in [4.69, 9.17) is 4.74 Å². The predicted octanol–water partition coefficient (Wildman–Crippen LogP) is 3.80. The Morgan fingerprint density at radius 1 is 1.16 bits per heavy atom. The van der Waals surface area contributed by atoms with Gasteiger partial charge >= 0.3 is 0 Å². The van der Waals surface area contributed by atoms with Crippen LogP contribution in [0.3, 0.4) is 0 Å². The van der Waals surface area contributed by atoms with Gasteiger partial charge in [-0.15, -0.1) is 0 Å². The number of hydrogen-bond acceptors (Lipinski definition) is 2. The monoisotopic (exact) mass is 263 g/mol. The molecule has 19 heavy (non-hydrogen) atoms. The first kappa shape index (κ1) is 16.2. The van der Waals surface area contributed by atoms with E-state index in [1.807, 2.05) is 0 Å². The third kappa shape index (κ3) is 8.02. The molecule has 2 heteroatoms. The van der Waals surface area contributed by atoms with Gasteiger partial charge in [-0.2, -0.15) is 0 Å². The highest BCUT2D eigenvalue weighted by atomic mass is 16.5. The highest BCUT2D eigenvalue weighted by Crippen LogP contribution is 2.06. The van der Waals surface area contributed by atoms with Gasteiger partial charge in [0, 0.05) is 18.7 Å². The Kier molecular flexibility index (Phi) is 7.11. The fourth-order valence-electron chi connectivity index (χ4n) is 1.91. The first-order valence-corrected chi connectivity index (χ1v) is 7.42. The Hall–Kier alpha value is -0.860. The van der Waals surface area contributed by atoms with Crippen molar-refractivity contribution in [2.75, 3.05) is 13.2 Å². The van der Waals surface area contributed by atoms with Gasteiger partial charge in [-0.3, -0.25) is 0 Å². The summed E-state index contributed by atoms with van der Waals surface area (Å²) >= 11 is 0.